The van der Waals surface area contributed by atoms with Gasteiger partial charge >= 0.3 is 0 Å². The molecule has 0 aliphatic carbocycles. The number of hydrogen-bond donors (Lipinski definition) is 1. The first-order valence-electron chi connectivity index (χ1n) is 5.27. The lowest BCUT2D eigenvalue weighted by Gasteiger charge is -2.09. The van der Waals surface area contributed by atoms with E-state index in [1.54, 1.807) is 7.11 Å². The number of rotatable bonds is 3. The number of para-hydroxylation sites is 1. The van der Waals surface area contributed by atoms with Gasteiger partial charge in [-0.05, 0) is 12.1 Å². The molecule has 0 amide bonds. The van der Waals surface area contributed by atoms with E-state index in [1.165, 1.54) is 0 Å². The molecule has 3 heteroatoms. The first kappa shape index (κ1) is 11.2. The van der Waals surface area contributed by atoms with Crippen LogP contribution in [0.1, 0.15) is 11.1 Å². The highest BCUT2D eigenvalue weighted by Gasteiger charge is 2.11. The van der Waals surface area contributed by atoms with Crippen molar-refractivity contribution in [3.05, 3.63) is 65.7 Å². The summed E-state index contributed by atoms with van der Waals surface area (Å²) in [7, 11) is 1.60. The molecule has 3 nitrogen and oxygen atoms in total. The Kier molecular flexibility index (Phi) is 3.40. The van der Waals surface area contributed by atoms with E-state index in [2.05, 4.69) is 5.16 Å². The predicted octanol–water partition coefficient (Wildman–Crippen LogP) is 2.92. The fraction of sp³-hybridized carbons (Fsp3) is 0.0714. The lowest BCUT2D eigenvalue weighted by atomic mass is 10.0. The Morgan fingerprint density at radius 1 is 1.00 bits per heavy atom. The van der Waals surface area contributed by atoms with Crippen LogP contribution in [0.2, 0.25) is 0 Å². The van der Waals surface area contributed by atoms with E-state index < -0.39 is 0 Å². The van der Waals surface area contributed by atoms with Gasteiger partial charge in [-0.25, -0.2) is 0 Å². The zero-order valence-corrected chi connectivity index (χ0v) is 9.50. The van der Waals surface area contributed by atoms with Crippen LogP contribution in [0, 0.1) is 0 Å². The monoisotopic (exact) mass is 227 g/mol. The van der Waals surface area contributed by atoms with Crippen molar-refractivity contribution in [2.75, 3.05) is 7.11 Å². The Morgan fingerprint density at radius 3 is 2.29 bits per heavy atom. The summed E-state index contributed by atoms with van der Waals surface area (Å²) in [6.45, 7) is 0. The highest BCUT2D eigenvalue weighted by atomic mass is 16.5. The van der Waals surface area contributed by atoms with Gasteiger partial charge in [0.15, 0.2) is 0 Å². The molecule has 0 fully saturated rings. The number of nitrogens with zero attached hydrogens (tertiary/aromatic N) is 1. The van der Waals surface area contributed by atoms with Gasteiger partial charge in [-0.1, -0.05) is 47.6 Å². The van der Waals surface area contributed by atoms with Gasteiger partial charge in [0, 0.05) is 11.1 Å². The molecule has 0 aliphatic heterocycles. The Hall–Kier alpha value is -2.29. The topological polar surface area (TPSA) is 41.8 Å². The Bertz CT molecular complexity index is 521. The van der Waals surface area contributed by atoms with Crippen LogP contribution in [-0.4, -0.2) is 18.0 Å². The van der Waals surface area contributed by atoms with Crippen LogP contribution in [0.3, 0.4) is 0 Å². The summed E-state index contributed by atoms with van der Waals surface area (Å²) in [6, 6.07) is 17.0. The quantitative estimate of drug-likeness (QED) is 0.497. The molecular weight excluding hydrogens is 214 g/mol. The van der Waals surface area contributed by atoms with Crippen molar-refractivity contribution >= 4 is 5.71 Å². The van der Waals surface area contributed by atoms with Crippen LogP contribution < -0.4 is 4.74 Å². The summed E-state index contributed by atoms with van der Waals surface area (Å²) in [5.41, 5.74) is 2.12. The van der Waals surface area contributed by atoms with Crippen LogP contribution in [0.15, 0.2) is 59.8 Å². The van der Waals surface area contributed by atoms with Gasteiger partial charge in [0.05, 0.1) is 7.11 Å². The minimum absolute atomic E-state index is 0.503. The zero-order valence-electron chi connectivity index (χ0n) is 9.50. The molecule has 0 bridgehead atoms. The van der Waals surface area contributed by atoms with Crippen molar-refractivity contribution in [2.24, 2.45) is 5.16 Å². The summed E-state index contributed by atoms with van der Waals surface area (Å²) in [4.78, 5) is 0. The molecule has 0 saturated heterocycles. The molecule has 2 aromatic rings. The van der Waals surface area contributed by atoms with Crippen LogP contribution in [0.4, 0.5) is 0 Å². The average molecular weight is 227 g/mol. The SMILES string of the molecule is COc1ccccc1C(=NO)c1ccccc1. The van der Waals surface area contributed by atoms with Crippen molar-refractivity contribution in [1.29, 1.82) is 0 Å². The molecule has 86 valence electrons. The fourth-order valence-electron chi connectivity index (χ4n) is 1.70. The first-order valence-corrected chi connectivity index (χ1v) is 5.27. The molecule has 1 N–H and O–H groups in total. The molecule has 0 atom stereocenters. The molecule has 17 heavy (non-hydrogen) atoms. The van der Waals surface area contributed by atoms with E-state index in [0.29, 0.717) is 11.5 Å². The van der Waals surface area contributed by atoms with Gasteiger partial charge in [0.25, 0.3) is 0 Å². The highest BCUT2D eigenvalue weighted by molar-refractivity contribution is 6.14. The van der Waals surface area contributed by atoms with Gasteiger partial charge in [0.2, 0.25) is 0 Å². The summed E-state index contributed by atoms with van der Waals surface area (Å²) >= 11 is 0. The van der Waals surface area contributed by atoms with E-state index in [4.69, 9.17) is 4.74 Å². The molecule has 0 aromatic heterocycles. The van der Waals surface area contributed by atoms with E-state index in [0.717, 1.165) is 11.1 Å². The third-order valence-corrected chi connectivity index (χ3v) is 2.51. The molecular formula is C14H13NO2. The molecule has 2 aromatic carbocycles. The van der Waals surface area contributed by atoms with E-state index >= 15 is 0 Å². The van der Waals surface area contributed by atoms with Crippen LogP contribution in [0.5, 0.6) is 5.75 Å². The number of benzene rings is 2. The summed E-state index contributed by atoms with van der Waals surface area (Å²) in [6.07, 6.45) is 0. The average Bonchev–Trinajstić information content (AvgIpc) is 2.41. The Balaban J connectivity index is 2.51. The Morgan fingerprint density at radius 2 is 1.65 bits per heavy atom. The van der Waals surface area contributed by atoms with Crippen molar-refractivity contribution in [2.45, 2.75) is 0 Å². The van der Waals surface area contributed by atoms with Gasteiger partial charge < -0.3 is 9.94 Å². The largest absolute Gasteiger partial charge is 0.496 e. The van der Waals surface area contributed by atoms with Crippen molar-refractivity contribution in [1.82, 2.24) is 0 Å². The third-order valence-electron chi connectivity index (χ3n) is 2.51. The van der Waals surface area contributed by atoms with Crippen LogP contribution >= 0.6 is 0 Å². The van der Waals surface area contributed by atoms with Crippen molar-refractivity contribution in [3.63, 3.8) is 0 Å². The second-order valence-corrected chi connectivity index (χ2v) is 3.51. The molecule has 0 radical (unpaired) electrons. The highest BCUT2D eigenvalue weighted by Crippen LogP contribution is 2.21. The number of methoxy groups -OCH3 is 1. The second-order valence-electron chi connectivity index (χ2n) is 3.51. The minimum Gasteiger partial charge on any atom is -0.496 e. The van der Waals surface area contributed by atoms with Gasteiger partial charge in [-0.15, -0.1) is 0 Å². The normalized spacial score (nSPS) is 11.2. The van der Waals surface area contributed by atoms with Crippen molar-refractivity contribution < 1.29 is 9.94 Å². The number of oxime groups is 1. The van der Waals surface area contributed by atoms with Gasteiger partial charge in [0.1, 0.15) is 11.5 Å². The lowest BCUT2D eigenvalue weighted by molar-refractivity contribution is 0.319. The van der Waals surface area contributed by atoms with Crippen LogP contribution in [0.25, 0.3) is 0 Å². The maximum atomic E-state index is 9.19. The maximum absolute atomic E-state index is 9.19. The molecule has 0 spiro atoms. The number of ether oxygens (including phenoxy) is 1. The zero-order chi connectivity index (χ0) is 12.1. The number of hydrogen-bond acceptors (Lipinski definition) is 3. The van der Waals surface area contributed by atoms with Gasteiger partial charge in [-0.2, -0.15) is 0 Å². The first-order chi connectivity index (χ1) is 8.36. The third kappa shape index (κ3) is 2.28. The Labute approximate surface area is 100.0 Å². The van der Waals surface area contributed by atoms with E-state index in [9.17, 15) is 5.21 Å². The van der Waals surface area contributed by atoms with E-state index in [-0.39, 0.29) is 0 Å². The maximum Gasteiger partial charge on any atom is 0.128 e. The summed E-state index contributed by atoms with van der Waals surface area (Å²) in [5, 5.41) is 12.6. The van der Waals surface area contributed by atoms with Gasteiger partial charge in [-0.3, -0.25) is 0 Å². The predicted molar refractivity (Wildman–Crippen MR) is 66.9 cm³/mol. The molecule has 2 rings (SSSR count). The molecule has 0 heterocycles. The molecule has 0 saturated carbocycles. The minimum atomic E-state index is 0.503. The lowest BCUT2D eigenvalue weighted by Crippen LogP contribution is -2.05. The van der Waals surface area contributed by atoms with Crippen LogP contribution in [-0.2, 0) is 0 Å². The van der Waals surface area contributed by atoms with Crippen molar-refractivity contribution in [3.8, 4) is 5.75 Å². The standard InChI is InChI=1S/C14H13NO2/c1-17-13-10-6-5-9-12(13)14(15-16)11-7-3-2-4-8-11/h2-10,16H,1H3. The molecule has 0 unspecified atom stereocenters. The smallest absolute Gasteiger partial charge is 0.128 e. The summed E-state index contributed by atoms with van der Waals surface area (Å²) in [5.74, 6) is 0.684. The fourth-order valence-corrected chi connectivity index (χ4v) is 1.70. The molecule has 0 aliphatic rings. The second kappa shape index (κ2) is 5.16. The van der Waals surface area contributed by atoms with E-state index in [1.807, 2.05) is 54.6 Å². The summed E-state index contributed by atoms with van der Waals surface area (Å²) < 4.78 is 5.26.